The van der Waals surface area contributed by atoms with Gasteiger partial charge in [-0.3, -0.25) is 14.8 Å². The molecule has 0 unspecified atom stereocenters. The van der Waals surface area contributed by atoms with Crippen molar-refractivity contribution in [2.75, 3.05) is 18.4 Å². The molecule has 0 spiro atoms. The Morgan fingerprint density at radius 3 is 2.70 bits per heavy atom. The molecule has 8 rings (SSSR count). The van der Waals surface area contributed by atoms with E-state index in [1.807, 2.05) is 68.0 Å². The quantitative estimate of drug-likeness (QED) is 0.137. The highest BCUT2D eigenvalue weighted by Crippen LogP contribution is 2.30. The summed E-state index contributed by atoms with van der Waals surface area (Å²) in [4.78, 5) is 30.1. The van der Waals surface area contributed by atoms with Crippen LogP contribution in [0.2, 0.25) is 5.02 Å². The number of benzene rings is 3. The van der Waals surface area contributed by atoms with Crippen molar-refractivity contribution in [3.63, 3.8) is 0 Å². The normalized spacial score (nSPS) is 13.9. The number of aromatic amines is 1. The van der Waals surface area contributed by atoms with Crippen molar-refractivity contribution < 1.29 is 13.9 Å². The average molecular weight is 746 g/mol. The van der Waals surface area contributed by atoms with Gasteiger partial charge in [0.15, 0.2) is 0 Å². The van der Waals surface area contributed by atoms with Gasteiger partial charge in [0.2, 0.25) is 5.88 Å². The molecule has 4 aromatic heterocycles. The molecule has 5 heterocycles. The zero-order chi connectivity index (χ0) is 37.3. The first kappa shape index (κ1) is 35.4. The van der Waals surface area contributed by atoms with Gasteiger partial charge in [-0.05, 0) is 106 Å². The molecule has 1 fully saturated rings. The summed E-state index contributed by atoms with van der Waals surface area (Å²) in [6, 6.07) is 20.5. The van der Waals surface area contributed by atoms with E-state index in [-0.39, 0.29) is 11.1 Å². The lowest BCUT2D eigenvalue weighted by Crippen LogP contribution is -2.33. The summed E-state index contributed by atoms with van der Waals surface area (Å²) in [5.41, 5.74) is 7.75. The number of anilines is 1. The second-order valence-electron chi connectivity index (χ2n) is 13.9. The van der Waals surface area contributed by atoms with E-state index in [1.54, 1.807) is 13.0 Å². The molecule has 0 bridgehead atoms. The third-order valence-electron chi connectivity index (χ3n) is 10.4. The number of imidazole rings is 2. The first-order valence-corrected chi connectivity index (χ1v) is 18.6. The van der Waals surface area contributed by atoms with Crippen LogP contribution in [-0.2, 0) is 26.2 Å². The summed E-state index contributed by atoms with van der Waals surface area (Å²) in [7, 11) is 0. The maximum atomic E-state index is 14.8. The van der Waals surface area contributed by atoms with Crippen LogP contribution in [-0.4, -0.2) is 58.2 Å². The number of hydrogen-bond donors (Lipinski definition) is 2. The van der Waals surface area contributed by atoms with Crippen LogP contribution in [0.1, 0.15) is 70.1 Å². The molecule has 2 N–H and O–H groups in total. The number of rotatable bonds is 11. The van der Waals surface area contributed by atoms with Gasteiger partial charge in [-0.25, -0.2) is 19.3 Å². The molecule has 3 aromatic carbocycles. The molecule has 0 aliphatic carbocycles. The number of pyridine rings is 1. The van der Waals surface area contributed by atoms with Gasteiger partial charge in [-0.2, -0.15) is 5.10 Å². The number of aromatic nitrogens is 7. The minimum atomic E-state index is -0.522. The number of nitrogens with one attached hydrogen (secondary N) is 2. The zero-order valence-electron chi connectivity index (χ0n) is 30.4. The predicted octanol–water partition coefficient (Wildman–Crippen LogP) is 8.19. The molecule has 54 heavy (non-hydrogen) atoms. The molecule has 11 nitrogen and oxygen atoms in total. The van der Waals surface area contributed by atoms with Crippen LogP contribution in [0.25, 0.3) is 21.9 Å². The number of hydrogen-bond acceptors (Lipinski definition) is 7. The number of fused-ring (bicyclic) bond motifs is 2. The lowest BCUT2D eigenvalue weighted by atomic mass is 9.93. The van der Waals surface area contributed by atoms with E-state index in [2.05, 4.69) is 47.5 Å². The summed E-state index contributed by atoms with van der Waals surface area (Å²) >= 11 is 6.13. The van der Waals surface area contributed by atoms with E-state index in [4.69, 9.17) is 26.3 Å². The van der Waals surface area contributed by atoms with E-state index in [1.165, 1.54) is 6.07 Å². The Kier molecular flexibility index (Phi) is 9.87. The van der Waals surface area contributed by atoms with Crippen molar-refractivity contribution >= 4 is 45.1 Å². The molecule has 1 amide bonds. The minimum absolute atomic E-state index is 0.217. The van der Waals surface area contributed by atoms with Gasteiger partial charge in [-0.15, -0.1) is 0 Å². The molecule has 7 aromatic rings. The highest BCUT2D eigenvalue weighted by Gasteiger charge is 2.25. The average Bonchev–Trinajstić information content (AvgIpc) is 3.88. The topological polar surface area (TPSA) is 119 Å². The number of carbonyl (C=O) groups excluding carboxylic acids is 1. The maximum Gasteiger partial charge on any atom is 0.255 e. The van der Waals surface area contributed by atoms with Crippen molar-refractivity contribution in [3.05, 3.63) is 130 Å². The number of ether oxygens (including phenoxy) is 1. The Morgan fingerprint density at radius 2 is 1.89 bits per heavy atom. The Hall–Kier alpha value is -5.59. The van der Waals surface area contributed by atoms with Crippen LogP contribution >= 0.6 is 11.6 Å². The number of H-pyrrole nitrogens is 1. The molecule has 1 saturated heterocycles. The van der Waals surface area contributed by atoms with Gasteiger partial charge in [0.25, 0.3) is 5.91 Å². The van der Waals surface area contributed by atoms with Crippen LogP contribution in [0.3, 0.4) is 0 Å². The highest BCUT2D eigenvalue weighted by molar-refractivity contribution is 6.30. The summed E-state index contributed by atoms with van der Waals surface area (Å²) < 4.78 is 25.2. The Balaban J connectivity index is 0.980. The van der Waals surface area contributed by atoms with Crippen LogP contribution in [0, 0.1) is 19.7 Å². The number of likely N-dealkylation sites (tertiary alicyclic amines) is 1. The Bertz CT molecular complexity index is 2480. The fourth-order valence-corrected chi connectivity index (χ4v) is 7.55. The van der Waals surface area contributed by atoms with Crippen LogP contribution < -0.4 is 10.1 Å². The predicted molar refractivity (Wildman–Crippen MR) is 207 cm³/mol. The van der Waals surface area contributed by atoms with Gasteiger partial charge in [-0.1, -0.05) is 23.7 Å². The van der Waals surface area contributed by atoms with Crippen molar-refractivity contribution in [1.82, 2.24) is 39.2 Å². The number of piperidine rings is 1. The van der Waals surface area contributed by atoms with Gasteiger partial charge in [0.05, 0.1) is 41.8 Å². The third kappa shape index (κ3) is 7.31. The van der Waals surface area contributed by atoms with E-state index < -0.39 is 11.7 Å². The first-order chi connectivity index (χ1) is 26.2. The Labute approximate surface area is 317 Å². The monoisotopic (exact) mass is 745 g/mol. The SMILES string of the molecule is CCn1cncc1Cn1c(CN2CCC(c3cccc(OCc4ccc(Cl)cc4C)n3)CC2)nc2cc(NC(=O)c3cc(F)c4[nH]nc(C)c4c3)ccc21. The second kappa shape index (κ2) is 15.0. The molecular weight excluding hydrogens is 705 g/mol. The fourth-order valence-electron chi connectivity index (χ4n) is 7.32. The molecule has 13 heteroatoms. The molecular formula is C41H41ClFN9O2. The molecule has 0 radical (unpaired) electrons. The summed E-state index contributed by atoms with van der Waals surface area (Å²) in [6.45, 7) is 10.2. The fraction of sp³-hybridized carbons (Fsp3) is 0.293. The largest absolute Gasteiger partial charge is 0.473 e. The Morgan fingerprint density at radius 1 is 1.04 bits per heavy atom. The van der Waals surface area contributed by atoms with Crippen molar-refractivity contribution in [2.24, 2.45) is 0 Å². The van der Waals surface area contributed by atoms with Crippen LogP contribution in [0.15, 0.2) is 79.3 Å². The lowest BCUT2D eigenvalue weighted by Gasteiger charge is -2.31. The summed E-state index contributed by atoms with van der Waals surface area (Å²) in [5.74, 6) is 0.961. The summed E-state index contributed by atoms with van der Waals surface area (Å²) in [5, 5.41) is 11.0. The van der Waals surface area contributed by atoms with Crippen molar-refractivity contribution in [2.45, 2.75) is 65.8 Å². The van der Waals surface area contributed by atoms with E-state index in [9.17, 15) is 9.18 Å². The van der Waals surface area contributed by atoms with Crippen LogP contribution in [0.4, 0.5) is 10.1 Å². The van der Waals surface area contributed by atoms with Gasteiger partial charge < -0.3 is 19.2 Å². The number of carbonyl (C=O) groups is 1. The number of amides is 1. The van der Waals surface area contributed by atoms with Crippen molar-refractivity contribution in [3.8, 4) is 5.88 Å². The maximum absolute atomic E-state index is 14.8. The number of nitrogens with zero attached hydrogens (tertiary/aromatic N) is 7. The zero-order valence-corrected chi connectivity index (χ0v) is 31.2. The smallest absolute Gasteiger partial charge is 0.255 e. The molecule has 0 atom stereocenters. The van der Waals surface area contributed by atoms with Gasteiger partial charge in [0, 0.05) is 52.1 Å². The molecule has 276 valence electrons. The van der Waals surface area contributed by atoms with E-state index in [0.717, 1.165) is 76.9 Å². The number of aryl methyl sites for hydroxylation is 3. The van der Waals surface area contributed by atoms with Gasteiger partial charge >= 0.3 is 0 Å². The number of halogens is 2. The van der Waals surface area contributed by atoms with Crippen LogP contribution in [0.5, 0.6) is 5.88 Å². The lowest BCUT2D eigenvalue weighted by molar-refractivity contribution is 0.102. The molecule has 1 aliphatic heterocycles. The van der Waals surface area contributed by atoms with E-state index in [0.29, 0.717) is 48.3 Å². The third-order valence-corrected chi connectivity index (χ3v) is 10.7. The molecule has 0 saturated carbocycles. The van der Waals surface area contributed by atoms with Gasteiger partial charge in [0.1, 0.15) is 23.8 Å². The second-order valence-corrected chi connectivity index (χ2v) is 14.4. The first-order valence-electron chi connectivity index (χ1n) is 18.2. The van der Waals surface area contributed by atoms with E-state index >= 15 is 0 Å². The summed E-state index contributed by atoms with van der Waals surface area (Å²) in [6.07, 6.45) is 5.69. The van der Waals surface area contributed by atoms with Crippen molar-refractivity contribution in [1.29, 1.82) is 0 Å². The standard InChI is InChI=1S/C41H41ClFN9O2/c1-4-51-24-44-20-32(51)21-52-37-11-10-31(45-41(53)29-17-33-26(3)48-49-40(33)34(43)18-29)19-36(37)46-38(52)22-50-14-12-27(13-15-50)35-6-5-7-39(47-35)54-23-28-8-9-30(42)16-25(28)2/h5-11,16-20,24,27H,4,12-15,21-23H2,1-3H3,(H,45,53)(H,48,49). The molecule has 1 aliphatic rings. The highest BCUT2D eigenvalue weighted by atomic mass is 35.5. The minimum Gasteiger partial charge on any atom is -0.473 e.